The highest BCUT2D eigenvalue weighted by molar-refractivity contribution is 9.11. The van der Waals surface area contributed by atoms with E-state index < -0.39 is 5.91 Å². The minimum Gasteiger partial charge on any atom is -0.497 e. The van der Waals surface area contributed by atoms with Gasteiger partial charge < -0.3 is 15.8 Å². The monoisotopic (exact) mass is 400 g/mol. The average Bonchev–Trinajstić information content (AvgIpc) is 2.42. The molecule has 0 atom stereocenters. The molecule has 8 heteroatoms. The smallest absolute Gasteiger partial charge is 0.259 e. The van der Waals surface area contributed by atoms with E-state index in [2.05, 4.69) is 47.1 Å². The minimum absolute atomic E-state index is 0.306. The Bertz CT molecular complexity index is 664. The first kappa shape index (κ1) is 14.7. The van der Waals surface area contributed by atoms with Crippen LogP contribution in [0.15, 0.2) is 33.6 Å². The van der Waals surface area contributed by atoms with Crippen LogP contribution in [0.5, 0.6) is 5.75 Å². The van der Waals surface area contributed by atoms with Gasteiger partial charge in [-0.25, -0.2) is 9.97 Å². The highest BCUT2D eigenvalue weighted by Gasteiger charge is 2.14. The number of nitrogens with one attached hydrogen (secondary N) is 1. The molecule has 2 aromatic rings. The Labute approximate surface area is 132 Å². The van der Waals surface area contributed by atoms with Gasteiger partial charge in [0.1, 0.15) is 15.0 Å². The number of halogens is 2. The summed E-state index contributed by atoms with van der Waals surface area (Å²) in [6.07, 6.45) is 1.48. The molecule has 0 spiro atoms. The fraction of sp³-hybridized carbons (Fsp3) is 0.0833. The van der Waals surface area contributed by atoms with E-state index in [0.29, 0.717) is 32.0 Å². The number of amides is 1. The summed E-state index contributed by atoms with van der Waals surface area (Å²) in [6, 6.07) is 4.85. The zero-order valence-electron chi connectivity index (χ0n) is 10.4. The van der Waals surface area contributed by atoms with E-state index in [1.54, 1.807) is 18.2 Å². The van der Waals surface area contributed by atoms with Gasteiger partial charge in [0.15, 0.2) is 5.82 Å². The maximum absolute atomic E-state index is 12.2. The molecule has 6 nitrogen and oxygen atoms in total. The molecule has 20 heavy (non-hydrogen) atoms. The van der Waals surface area contributed by atoms with E-state index in [1.807, 2.05) is 0 Å². The van der Waals surface area contributed by atoms with E-state index in [1.165, 1.54) is 13.3 Å². The number of rotatable bonds is 3. The molecule has 1 aromatic carbocycles. The number of hydrogen-bond donors (Lipinski definition) is 2. The van der Waals surface area contributed by atoms with E-state index in [9.17, 15) is 4.79 Å². The molecule has 0 aliphatic heterocycles. The molecule has 0 saturated heterocycles. The third-order valence-corrected chi connectivity index (χ3v) is 3.37. The molecule has 0 aliphatic carbocycles. The molecule has 2 rings (SSSR count). The summed E-state index contributed by atoms with van der Waals surface area (Å²) < 4.78 is 6.05. The van der Waals surface area contributed by atoms with Crippen LogP contribution >= 0.6 is 31.9 Å². The Balaban J connectivity index is 2.28. The van der Waals surface area contributed by atoms with Crippen LogP contribution in [0.2, 0.25) is 0 Å². The van der Waals surface area contributed by atoms with Gasteiger partial charge in [-0.1, -0.05) is 0 Å². The highest BCUT2D eigenvalue weighted by Crippen LogP contribution is 2.23. The second-order valence-electron chi connectivity index (χ2n) is 3.74. The van der Waals surface area contributed by atoms with E-state index >= 15 is 0 Å². The van der Waals surface area contributed by atoms with Gasteiger partial charge in [-0.05, 0) is 50.1 Å². The van der Waals surface area contributed by atoms with Crippen molar-refractivity contribution in [3.63, 3.8) is 0 Å². The summed E-state index contributed by atoms with van der Waals surface area (Å²) >= 11 is 6.41. The van der Waals surface area contributed by atoms with E-state index in [-0.39, 0.29) is 0 Å². The largest absolute Gasteiger partial charge is 0.497 e. The number of methoxy groups -OCH3 is 1. The summed E-state index contributed by atoms with van der Waals surface area (Å²) in [5.41, 5.74) is 6.45. The quantitative estimate of drug-likeness (QED) is 0.771. The molecule has 1 heterocycles. The lowest BCUT2D eigenvalue weighted by molar-refractivity contribution is 0.102. The Morgan fingerprint density at radius 1 is 1.40 bits per heavy atom. The summed E-state index contributed by atoms with van der Waals surface area (Å²) in [6.45, 7) is 0. The van der Waals surface area contributed by atoms with Crippen molar-refractivity contribution in [2.24, 2.45) is 0 Å². The standard InChI is InChI=1S/C12H10Br2N4O2/c1-20-6-2-3-8(15)7(4-6)12(19)18-11-10(14)17-9(13)5-16-11/h2-5H,15H2,1H3,(H,16,18,19). The molecule has 0 radical (unpaired) electrons. The van der Waals surface area contributed by atoms with Crippen LogP contribution in [0.3, 0.4) is 0 Å². The lowest BCUT2D eigenvalue weighted by Gasteiger charge is -2.09. The first-order valence-electron chi connectivity index (χ1n) is 5.44. The van der Waals surface area contributed by atoms with Crippen LogP contribution in [0.25, 0.3) is 0 Å². The van der Waals surface area contributed by atoms with Crippen molar-refractivity contribution in [2.75, 3.05) is 18.2 Å². The van der Waals surface area contributed by atoms with E-state index in [4.69, 9.17) is 10.5 Å². The van der Waals surface area contributed by atoms with Gasteiger partial charge in [0.05, 0.1) is 18.9 Å². The lowest BCUT2D eigenvalue weighted by Crippen LogP contribution is -2.15. The molecular weight excluding hydrogens is 392 g/mol. The van der Waals surface area contributed by atoms with Gasteiger partial charge in [0, 0.05) is 5.69 Å². The molecule has 0 aliphatic rings. The number of carbonyl (C=O) groups is 1. The Kier molecular flexibility index (Phi) is 4.56. The predicted molar refractivity (Wildman–Crippen MR) is 82.8 cm³/mol. The lowest BCUT2D eigenvalue weighted by atomic mass is 10.1. The van der Waals surface area contributed by atoms with E-state index in [0.717, 1.165) is 0 Å². The van der Waals surface area contributed by atoms with Crippen LogP contribution in [-0.4, -0.2) is 23.0 Å². The van der Waals surface area contributed by atoms with Crippen LogP contribution in [-0.2, 0) is 0 Å². The van der Waals surface area contributed by atoms with Crippen molar-refractivity contribution in [3.8, 4) is 5.75 Å². The first-order valence-corrected chi connectivity index (χ1v) is 7.02. The summed E-state index contributed by atoms with van der Waals surface area (Å²) in [5.74, 6) is 0.462. The number of ether oxygens (including phenoxy) is 1. The minimum atomic E-state index is -0.390. The normalized spacial score (nSPS) is 10.2. The van der Waals surface area contributed by atoms with Crippen molar-refractivity contribution < 1.29 is 9.53 Å². The van der Waals surface area contributed by atoms with Crippen LogP contribution in [0.1, 0.15) is 10.4 Å². The van der Waals surface area contributed by atoms with Crippen molar-refractivity contribution in [2.45, 2.75) is 0 Å². The number of benzene rings is 1. The molecule has 3 N–H and O–H groups in total. The number of nitrogens with zero attached hydrogens (tertiary/aromatic N) is 2. The Morgan fingerprint density at radius 2 is 2.15 bits per heavy atom. The Hall–Kier alpha value is -1.67. The number of carbonyl (C=O) groups excluding carboxylic acids is 1. The first-order chi connectivity index (χ1) is 9.51. The topological polar surface area (TPSA) is 90.1 Å². The fourth-order valence-electron chi connectivity index (χ4n) is 1.46. The molecule has 0 bridgehead atoms. The molecule has 104 valence electrons. The number of aromatic nitrogens is 2. The highest BCUT2D eigenvalue weighted by atomic mass is 79.9. The van der Waals surface area contributed by atoms with Gasteiger partial charge in [0.2, 0.25) is 0 Å². The number of anilines is 2. The van der Waals surface area contributed by atoms with Gasteiger partial charge in [-0.15, -0.1) is 0 Å². The second-order valence-corrected chi connectivity index (χ2v) is 5.30. The summed E-state index contributed by atoms with van der Waals surface area (Å²) in [7, 11) is 1.52. The molecule has 0 fully saturated rings. The third-order valence-electron chi connectivity index (χ3n) is 2.44. The second kappa shape index (κ2) is 6.19. The summed E-state index contributed by atoms with van der Waals surface area (Å²) in [5, 5.41) is 2.63. The molecule has 1 aromatic heterocycles. The zero-order chi connectivity index (χ0) is 14.7. The van der Waals surface area contributed by atoms with Crippen LogP contribution < -0.4 is 15.8 Å². The molecular formula is C12H10Br2N4O2. The van der Waals surface area contributed by atoms with Crippen LogP contribution in [0.4, 0.5) is 11.5 Å². The van der Waals surface area contributed by atoms with Gasteiger partial charge >= 0.3 is 0 Å². The third kappa shape index (κ3) is 3.26. The number of hydrogen-bond acceptors (Lipinski definition) is 5. The molecule has 0 unspecified atom stereocenters. The van der Waals surface area contributed by atoms with Gasteiger partial charge in [0.25, 0.3) is 5.91 Å². The van der Waals surface area contributed by atoms with Gasteiger partial charge in [-0.2, -0.15) is 0 Å². The molecule has 1 amide bonds. The van der Waals surface area contributed by atoms with Crippen molar-refractivity contribution >= 4 is 49.3 Å². The van der Waals surface area contributed by atoms with Crippen LogP contribution in [0, 0.1) is 0 Å². The number of nitrogens with two attached hydrogens (primary N) is 1. The maximum atomic E-state index is 12.2. The SMILES string of the molecule is COc1ccc(N)c(C(=O)Nc2ncc(Br)nc2Br)c1. The maximum Gasteiger partial charge on any atom is 0.259 e. The zero-order valence-corrected chi connectivity index (χ0v) is 13.5. The van der Waals surface area contributed by atoms with Crippen molar-refractivity contribution in [3.05, 3.63) is 39.2 Å². The number of nitrogen functional groups attached to an aromatic ring is 1. The molecule has 0 saturated carbocycles. The van der Waals surface area contributed by atoms with Gasteiger partial charge in [-0.3, -0.25) is 4.79 Å². The summed E-state index contributed by atoms with van der Waals surface area (Å²) in [4.78, 5) is 20.3. The van der Waals surface area contributed by atoms with Crippen molar-refractivity contribution in [1.82, 2.24) is 9.97 Å². The van der Waals surface area contributed by atoms with Crippen molar-refractivity contribution in [1.29, 1.82) is 0 Å². The fourth-order valence-corrected chi connectivity index (χ4v) is 2.37. The average molecular weight is 402 g/mol. The predicted octanol–water partition coefficient (Wildman–Crippen LogP) is 2.84. The Morgan fingerprint density at radius 3 is 2.80 bits per heavy atom.